The van der Waals surface area contributed by atoms with Crippen molar-refractivity contribution in [3.63, 3.8) is 0 Å². The third kappa shape index (κ3) is 4.59. The number of furan rings is 1. The molecule has 1 amide bonds. The quantitative estimate of drug-likeness (QED) is 0.222. The average Bonchev–Trinajstić information content (AvgIpc) is 3.51. The number of carbonyl (C=O) groups is 2. The summed E-state index contributed by atoms with van der Waals surface area (Å²) in [5, 5.41) is 11.1. The predicted molar refractivity (Wildman–Crippen MR) is 130 cm³/mol. The highest BCUT2D eigenvalue weighted by Crippen LogP contribution is 2.40. The zero-order valence-corrected chi connectivity index (χ0v) is 18.8. The van der Waals surface area contributed by atoms with Crippen molar-refractivity contribution in [3.8, 4) is 5.75 Å². The van der Waals surface area contributed by atoms with Crippen LogP contribution in [0.5, 0.6) is 5.75 Å². The molecule has 6 nitrogen and oxygen atoms in total. The Labute approximate surface area is 202 Å². The van der Waals surface area contributed by atoms with Crippen molar-refractivity contribution >= 4 is 17.4 Å². The van der Waals surface area contributed by atoms with Crippen LogP contribution in [0.2, 0.25) is 0 Å². The van der Waals surface area contributed by atoms with Crippen LogP contribution in [0, 0.1) is 0 Å². The molecule has 0 aliphatic carbocycles. The summed E-state index contributed by atoms with van der Waals surface area (Å²) < 4.78 is 11.3. The molecule has 3 aromatic carbocycles. The minimum absolute atomic E-state index is 0.0470. The van der Waals surface area contributed by atoms with Gasteiger partial charge in [0.05, 0.1) is 24.4 Å². The fraction of sp³-hybridized carbons (Fsp3) is 0.103. The molecule has 35 heavy (non-hydrogen) atoms. The van der Waals surface area contributed by atoms with E-state index >= 15 is 0 Å². The Hall–Kier alpha value is -4.58. The normalized spacial score (nSPS) is 17.0. The molecule has 1 saturated heterocycles. The number of rotatable bonds is 7. The van der Waals surface area contributed by atoms with Crippen LogP contribution in [-0.2, 0) is 22.7 Å². The minimum atomic E-state index is -0.775. The average molecular weight is 466 g/mol. The molecule has 2 heterocycles. The van der Waals surface area contributed by atoms with Crippen LogP contribution in [0.15, 0.2) is 113 Å². The molecule has 4 aromatic rings. The molecular formula is C29H23NO5. The molecule has 1 N–H and O–H groups in total. The first-order valence-electron chi connectivity index (χ1n) is 11.2. The van der Waals surface area contributed by atoms with Gasteiger partial charge in [-0.2, -0.15) is 0 Å². The van der Waals surface area contributed by atoms with E-state index in [9.17, 15) is 14.7 Å². The molecule has 1 aliphatic rings. The maximum Gasteiger partial charge on any atom is 0.296 e. The third-order valence-electron chi connectivity index (χ3n) is 5.94. The van der Waals surface area contributed by atoms with E-state index in [0.29, 0.717) is 29.2 Å². The van der Waals surface area contributed by atoms with E-state index in [4.69, 9.17) is 9.15 Å². The van der Waals surface area contributed by atoms with Gasteiger partial charge in [0.1, 0.15) is 23.9 Å². The second-order valence-corrected chi connectivity index (χ2v) is 8.22. The van der Waals surface area contributed by atoms with Crippen LogP contribution in [0.3, 0.4) is 0 Å². The Balaban J connectivity index is 1.50. The van der Waals surface area contributed by atoms with Gasteiger partial charge in [0.25, 0.3) is 11.7 Å². The molecule has 1 atom stereocenters. The lowest BCUT2D eigenvalue weighted by atomic mass is 9.95. The molecule has 1 unspecified atom stereocenters. The lowest BCUT2D eigenvalue weighted by Gasteiger charge is -2.24. The monoisotopic (exact) mass is 465 g/mol. The highest BCUT2D eigenvalue weighted by Gasteiger charge is 2.46. The second-order valence-electron chi connectivity index (χ2n) is 8.22. The van der Waals surface area contributed by atoms with E-state index in [2.05, 4.69) is 0 Å². The van der Waals surface area contributed by atoms with Gasteiger partial charge in [-0.15, -0.1) is 0 Å². The molecule has 1 aromatic heterocycles. The number of amides is 1. The van der Waals surface area contributed by atoms with Crippen molar-refractivity contribution in [2.45, 2.75) is 19.2 Å². The zero-order chi connectivity index (χ0) is 24.2. The van der Waals surface area contributed by atoms with Gasteiger partial charge in [-0.05, 0) is 35.4 Å². The molecule has 0 radical (unpaired) electrons. The van der Waals surface area contributed by atoms with Crippen molar-refractivity contribution in [1.29, 1.82) is 0 Å². The number of nitrogens with zero attached hydrogens (tertiary/aromatic N) is 1. The maximum atomic E-state index is 13.1. The maximum absolute atomic E-state index is 13.1. The number of ketones is 1. The molecule has 0 spiro atoms. The number of aliphatic hydroxyl groups excluding tert-OH is 1. The fourth-order valence-corrected chi connectivity index (χ4v) is 4.20. The van der Waals surface area contributed by atoms with Crippen LogP contribution < -0.4 is 4.74 Å². The number of hydrogen-bond acceptors (Lipinski definition) is 5. The predicted octanol–water partition coefficient (Wildman–Crippen LogP) is 5.48. The summed E-state index contributed by atoms with van der Waals surface area (Å²) >= 11 is 0. The van der Waals surface area contributed by atoms with E-state index in [0.717, 1.165) is 5.56 Å². The van der Waals surface area contributed by atoms with Crippen molar-refractivity contribution in [3.05, 3.63) is 131 Å². The Morgan fingerprint density at radius 3 is 2.20 bits per heavy atom. The number of Topliss-reactive ketones (excluding diaryl/α,β-unsaturated/α-hetero) is 1. The Morgan fingerprint density at radius 2 is 1.54 bits per heavy atom. The fourth-order valence-electron chi connectivity index (χ4n) is 4.20. The number of aliphatic hydroxyl groups is 1. The highest BCUT2D eigenvalue weighted by molar-refractivity contribution is 6.46. The van der Waals surface area contributed by atoms with Gasteiger partial charge in [-0.25, -0.2) is 0 Å². The van der Waals surface area contributed by atoms with E-state index in [1.807, 2.05) is 48.5 Å². The van der Waals surface area contributed by atoms with E-state index in [1.54, 1.807) is 48.5 Å². The SMILES string of the molecule is O=C1C(=O)N(Cc2ccco2)C(c2ccc(OCc3ccccc3)cc2)C1=C(O)c1ccccc1. The van der Waals surface area contributed by atoms with E-state index in [-0.39, 0.29) is 17.9 Å². The largest absolute Gasteiger partial charge is 0.507 e. The molecule has 0 bridgehead atoms. The van der Waals surface area contributed by atoms with Crippen LogP contribution in [0.4, 0.5) is 0 Å². The molecular weight excluding hydrogens is 442 g/mol. The summed E-state index contributed by atoms with van der Waals surface area (Å²) in [4.78, 5) is 27.6. The number of ether oxygens (including phenoxy) is 1. The highest BCUT2D eigenvalue weighted by atomic mass is 16.5. The van der Waals surface area contributed by atoms with Gasteiger partial charge in [0.15, 0.2) is 0 Å². The lowest BCUT2D eigenvalue weighted by molar-refractivity contribution is -0.140. The summed E-state index contributed by atoms with van der Waals surface area (Å²) in [6.45, 7) is 0.519. The molecule has 6 heteroatoms. The van der Waals surface area contributed by atoms with Crippen LogP contribution in [0.25, 0.3) is 5.76 Å². The summed E-state index contributed by atoms with van der Waals surface area (Å²) in [7, 11) is 0. The molecule has 1 aliphatic heterocycles. The van der Waals surface area contributed by atoms with E-state index < -0.39 is 17.7 Å². The number of benzene rings is 3. The van der Waals surface area contributed by atoms with Crippen LogP contribution >= 0.6 is 0 Å². The minimum Gasteiger partial charge on any atom is -0.507 e. The van der Waals surface area contributed by atoms with Crippen LogP contribution in [-0.4, -0.2) is 21.7 Å². The van der Waals surface area contributed by atoms with Crippen molar-refractivity contribution < 1.29 is 23.8 Å². The van der Waals surface area contributed by atoms with Crippen LogP contribution in [0.1, 0.15) is 28.5 Å². The summed E-state index contributed by atoms with van der Waals surface area (Å²) in [6, 6.07) is 28.5. The van der Waals surface area contributed by atoms with Gasteiger partial charge in [0.2, 0.25) is 0 Å². The molecule has 5 rings (SSSR count). The Morgan fingerprint density at radius 1 is 0.857 bits per heavy atom. The lowest BCUT2D eigenvalue weighted by Crippen LogP contribution is -2.29. The standard InChI is InChI=1S/C29H23NO5/c31-27(22-10-5-2-6-11-22)25-26(30(29(33)28(25)32)18-24-12-7-17-34-24)21-13-15-23(16-14-21)35-19-20-8-3-1-4-9-20/h1-17,26,31H,18-19H2. The third-order valence-corrected chi connectivity index (χ3v) is 5.94. The smallest absolute Gasteiger partial charge is 0.296 e. The first-order chi connectivity index (χ1) is 17.1. The first kappa shape index (κ1) is 22.2. The number of carbonyl (C=O) groups excluding carboxylic acids is 2. The van der Waals surface area contributed by atoms with Crippen molar-refractivity contribution in [2.75, 3.05) is 0 Å². The van der Waals surface area contributed by atoms with Gasteiger partial charge in [-0.3, -0.25) is 9.59 Å². The summed E-state index contributed by atoms with van der Waals surface area (Å²) in [5.74, 6) is -0.427. The van der Waals surface area contributed by atoms with Gasteiger partial charge >= 0.3 is 0 Å². The van der Waals surface area contributed by atoms with Gasteiger partial charge in [-0.1, -0.05) is 72.8 Å². The van der Waals surface area contributed by atoms with Crippen molar-refractivity contribution in [1.82, 2.24) is 4.90 Å². The Bertz CT molecular complexity index is 1340. The molecule has 1 fully saturated rings. The Kier molecular flexibility index (Phi) is 6.18. The van der Waals surface area contributed by atoms with Gasteiger partial charge in [0, 0.05) is 5.56 Å². The number of likely N-dealkylation sites (tertiary alicyclic amines) is 1. The van der Waals surface area contributed by atoms with Gasteiger partial charge < -0.3 is 19.2 Å². The molecule has 174 valence electrons. The topological polar surface area (TPSA) is 80.0 Å². The second kappa shape index (κ2) is 9.73. The first-order valence-corrected chi connectivity index (χ1v) is 11.2. The van der Waals surface area contributed by atoms with E-state index in [1.165, 1.54) is 11.2 Å². The number of hydrogen-bond donors (Lipinski definition) is 1. The summed E-state index contributed by atoms with van der Waals surface area (Å²) in [6.07, 6.45) is 1.52. The van der Waals surface area contributed by atoms with Crippen molar-refractivity contribution in [2.24, 2.45) is 0 Å². The molecule has 0 saturated carbocycles. The summed E-state index contributed by atoms with van der Waals surface area (Å²) in [5.41, 5.74) is 2.24. The zero-order valence-electron chi connectivity index (χ0n) is 18.8.